The first-order valence-corrected chi connectivity index (χ1v) is 6.32. The van der Waals surface area contributed by atoms with Crippen LogP contribution in [-0.2, 0) is 19.1 Å². The van der Waals surface area contributed by atoms with E-state index in [9.17, 15) is 14.7 Å². The zero-order valence-electron chi connectivity index (χ0n) is 10.3. The Balaban J connectivity index is 1.87. The van der Waals surface area contributed by atoms with E-state index in [4.69, 9.17) is 9.47 Å². The highest BCUT2D eigenvalue weighted by molar-refractivity contribution is 5.87. The molecule has 102 valence electrons. The predicted octanol–water partition coefficient (Wildman–Crippen LogP) is 0.163. The lowest BCUT2D eigenvalue weighted by Gasteiger charge is -2.26. The van der Waals surface area contributed by atoms with Crippen LogP contribution in [0, 0.1) is 5.92 Å². The van der Waals surface area contributed by atoms with E-state index in [1.807, 2.05) is 0 Å². The van der Waals surface area contributed by atoms with Gasteiger partial charge in [-0.25, -0.2) is 4.79 Å². The van der Waals surface area contributed by atoms with E-state index in [-0.39, 0.29) is 12.5 Å². The molecule has 0 bridgehead atoms. The molecule has 2 aliphatic heterocycles. The number of aliphatic carboxylic acids is 1. The van der Waals surface area contributed by atoms with Gasteiger partial charge in [0.15, 0.2) is 5.54 Å². The van der Waals surface area contributed by atoms with Crippen molar-refractivity contribution in [3.05, 3.63) is 0 Å². The average molecular weight is 257 g/mol. The number of carbonyl (C=O) groups is 2. The first-order chi connectivity index (χ1) is 8.62. The van der Waals surface area contributed by atoms with E-state index in [1.54, 1.807) is 0 Å². The van der Waals surface area contributed by atoms with E-state index in [1.165, 1.54) is 0 Å². The summed E-state index contributed by atoms with van der Waals surface area (Å²) in [6, 6.07) is 0. The number of amides is 1. The lowest BCUT2D eigenvalue weighted by Crippen LogP contribution is -2.55. The summed E-state index contributed by atoms with van der Waals surface area (Å²) < 4.78 is 10.3. The maximum Gasteiger partial charge on any atom is 0.331 e. The number of nitrogens with one attached hydrogen (secondary N) is 1. The van der Waals surface area contributed by atoms with Gasteiger partial charge in [-0.15, -0.1) is 0 Å². The van der Waals surface area contributed by atoms with Crippen molar-refractivity contribution in [3.63, 3.8) is 0 Å². The quantitative estimate of drug-likeness (QED) is 0.749. The Morgan fingerprint density at radius 1 is 1.22 bits per heavy atom. The van der Waals surface area contributed by atoms with E-state index >= 15 is 0 Å². The van der Waals surface area contributed by atoms with E-state index < -0.39 is 11.5 Å². The summed E-state index contributed by atoms with van der Waals surface area (Å²) >= 11 is 0. The Labute approximate surface area is 106 Å². The fourth-order valence-electron chi connectivity index (χ4n) is 2.42. The lowest BCUT2D eigenvalue weighted by atomic mass is 9.94. The van der Waals surface area contributed by atoms with Crippen molar-refractivity contribution in [1.29, 1.82) is 0 Å². The SMILES string of the molecule is O=C(CC1CCOCC1)NC1(C(=O)O)CCOC1. The molecule has 0 aromatic carbocycles. The topological polar surface area (TPSA) is 84.9 Å². The molecule has 1 amide bonds. The number of carboxylic acids is 1. The van der Waals surface area contributed by atoms with E-state index in [0.717, 1.165) is 12.8 Å². The minimum absolute atomic E-state index is 0.0574. The highest BCUT2D eigenvalue weighted by Gasteiger charge is 2.44. The van der Waals surface area contributed by atoms with Gasteiger partial charge in [-0.2, -0.15) is 0 Å². The highest BCUT2D eigenvalue weighted by Crippen LogP contribution is 2.22. The molecule has 0 aromatic rings. The molecule has 0 aromatic heterocycles. The molecular weight excluding hydrogens is 238 g/mol. The molecule has 0 saturated carbocycles. The molecule has 2 rings (SSSR count). The van der Waals surface area contributed by atoms with Gasteiger partial charge >= 0.3 is 5.97 Å². The van der Waals surface area contributed by atoms with Gasteiger partial charge in [0.1, 0.15) is 0 Å². The van der Waals surface area contributed by atoms with Crippen LogP contribution in [0.15, 0.2) is 0 Å². The minimum atomic E-state index is -1.22. The molecular formula is C12H19NO5. The molecule has 2 fully saturated rings. The predicted molar refractivity (Wildman–Crippen MR) is 62.1 cm³/mol. The molecule has 2 aliphatic rings. The maximum atomic E-state index is 11.9. The van der Waals surface area contributed by atoms with Crippen molar-refractivity contribution < 1.29 is 24.2 Å². The summed E-state index contributed by atoms with van der Waals surface area (Å²) in [5.74, 6) is -0.915. The first kappa shape index (κ1) is 13.3. The van der Waals surface area contributed by atoms with Crippen molar-refractivity contribution in [2.24, 2.45) is 5.92 Å². The zero-order chi connectivity index (χ0) is 13.0. The summed E-state index contributed by atoms with van der Waals surface area (Å²) in [4.78, 5) is 23.1. The summed E-state index contributed by atoms with van der Waals surface area (Å²) in [5.41, 5.74) is -1.22. The Hall–Kier alpha value is -1.14. The van der Waals surface area contributed by atoms with Crippen LogP contribution in [0.3, 0.4) is 0 Å². The summed E-state index contributed by atoms with van der Waals surface area (Å²) in [6.45, 7) is 1.81. The van der Waals surface area contributed by atoms with Crippen LogP contribution in [0.2, 0.25) is 0 Å². The number of carboxylic acid groups (broad SMARTS) is 1. The number of rotatable bonds is 4. The summed E-state index contributed by atoms with van der Waals surface area (Å²) in [7, 11) is 0. The van der Waals surface area contributed by atoms with Crippen molar-refractivity contribution in [3.8, 4) is 0 Å². The van der Waals surface area contributed by atoms with Crippen LogP contribution >= 0.6 is 0 Å². The number of hydrogen-bond donors (Lipinski definition) is 2. The van der Waals surface area contributed by atoms with E-state index in [2.05, 4.69) is 5.32 Å². The van der Waals surface area contributed by atoms with Gasteiger partial charge < -0.3 is 19.9 Å². The summed E-state index contributed by atoms with van der Waals surface area (Å²) in [5, 5.41) is 11.8. The normalized spacial score (nSPS) is 29.1. The van der Waals surface area contributed by atoms with Crippen LogP contribution < -0.4 is 5.32 Å². The third-order valence-electron chi connectivity index (χ3n) is 3.62. The van der Waals surface area contributed by atoms with Crippen LogP contribution in [0.1, 0.15) is 25.7 Å². The largest absolute Gasteiger partial charge is 0.479 e. The fourth-order valence-corrected chi connectivity index (χ4v) is 2.42. The van der Waals surface area contributed by atoms with Crippen molar-refractivity contribution >= 4 is 11.9 Å². The molecule has 18 heavy (non-hydrogen) atoms. The highest BCUT2D eigenvalue weighted by atomic mass is 16.5. The lowest BCUT2D eigenvalue weighted by molar-refractivity contribution is -0.147. The van der Waals surface area contributed by atoms with Gasteiger partial charge in [0.2, 0.25) is 5.91 Å². The fraction of sp³-hybridized carbons (Fsp3) is 0.833. The van der Waals surface area contributed by atoms with Crippen molar-refractivity contribution in [2.45, 2.75) is 31.2 Å². The Morgan fingerprint density at radius 3 is 2.50 bits per heavy atom. The second-order valence-corrected chi connectivity index (χ2v) is 5.00. The second kappa shape index (κ2) is 5.67. The molecule has 6 nitrogen and oxygen atoms in total. The van der Waals surface area contributed by atoms with Crippen LogP contribution in [-0.4, -0.2) is 48.9 Å². The van der Waals surface area contributed by atoms with Gasteiger partial charge in [0.05, 0.1) is 6.61 Å². The number of ether oxygens (including phenoxy) is 2. The van der Waals surface area contributed by atoms with Crippen molar-refractivity contribution in [1.82, 2.24) is 5.32 Å². The molecule has 2 heterocycles. The molecule has 0 aliphatic carbocycles. The van der Waals surface area contributed by atoms with Crippen LogP contribution in [0.5, 0.6) is 0 Å². The van der Waals surface area contributed by atoms with Crippen LogP contribution in [0.4, 0.5) is 0 Å². The van der Waals surface area contributed by atoms with Crippen molar-refractivity contribution in [2.75, 3.05) is 26.4 Å². The molecule has 2 N–H and O–H groups in total. The average Bonchev–Trinajstić information content (AvgIpc) is 2.80. The molecule has 1 unspecified atom stereocenters. The molecule has 1 atom stereocenters. The van der Waals surface area contributed by atoms with Gasteiger partial charge in [-0.1, -0.05) is 0 Å². The van der Waals surface area contributed by atoms with Gasteiger partial charge in [-0.05, 0) is 18.8 Å². The zero-order valence-corrected chi connectivity index (χ0v) is 10.3. The Bertz CT molecular complexity index is 318. The van der Waals surface area contributed by atoms with Crippen LogP contribution in [0.25, 0.3) is 0 Å². The summed E-state index contributed by atoms with van der Waals surface area (Å²) in [6.07, 6.45) is 2.44. The standard InChI is InChI=1S/C12H19NO5/c14-10(7-9-1-4-17-5-2-9)13-12(11(15)16)3-6-18-8-12/h9H,1-8H2,(H,13,14)(H,15,16). The Kier molecular flexibility index (Phi) is 4.19. The molecule has 0 radical (unpaired) electrons. The van der Waals surface area contributed by atoms with E-state index in [0.29, 0.717) is 38.6 Å². The minimum Gasteiger partial charge on any atom is -0.479 e. The monoisotopic (exact) mass is 257 g/mol. The Morgan fingerprint density at radius 2 is 1.94 bits per heavy atom. The number of carbonyl (C=O) groups excluding carboxylic acids is 1. The van der Waals surface area contributed by atoms with Gasteiger partial charge in [-0.3, -0.25) is 4.79 Å². The first-order valence-electron chi connectivity index (χ1n) is 6.32. The number of hydrogen-bond acceptors (Lipinski definition) is 4. The van der Waals surface area contributed by atoms with Gasteiger partial charge in [0, 0.05) is 32.7 Å². The van der Waals surface area contributed by atoms with Gasteiger partial charge in [0.25, 0.3) is 0 Å². The maximum absolute atomic E-state index is 11.9. The molecule has 2 saturated heterocycles. The second-order valence-electron chi connectivity index (χ2n) is 5.00. The molecule has 0 spiro atoms. The third-order valence-corrected chi connectivity index (χ3v) is 3.62. The smallest absolute Gasteiger partial charge is 0.331 e. The third kappa shape index (κ3) is 3.00. The molecule has 6 heteroatoms.